The molecule has 0 atom stereocenters. The van der Waals surface area contributed by atoms with Gasteiger partial charge in [-0.3, -0.25) is 4.79 Å². The van der Waals surface area contributed by atoms with E-state index in [4.69, 9.17) is 15.9 Å². The number of para-hydroxylation sites is 2. The number of hydrogen-bond acceptors (Lipinski definition) is 5. The minimum atomic E-state index is -0.343. The smallest absolute Gasteiger partial charge is 0.410 e. The number of piperidine rings is 1. The van der Waals surface area contributed by atoms with Crippen LogP contribution in [-0.2, 0) is 0 Å². The van der Waals surface area contributed by atoms with Gasteiger partial charge in [0.15, 0.2) is 0 Å². The first-order valence-electron chi connectivity index (χ1n) is 9.27. The van der Waals surface area contributed by atoms with Gasteiger partial charge < -0.3 is 26.1 Å². The number of carbonyl (C=O) groups is 2. The average Bonchev–Trinajstić information content (AvgIpc) is 2.73. The van der Waals surface area contributed by atoms with Gasteiger partial charge in [-0.1, -0.05) is 30.3 Å². The third kappa shape index (κ3) is 4.68. The molecular formula is C21H24N4O3. The third-order valence-electron chi connectivity index (χ3n) is 4.91. The Morgan fingerprint density at radius 1 is 1.14 bits per heavy atom. The average molecular weight is 380 g/mol. The second-order valence-electron chi connectivity index (χ2n) is 6.77. The minimum absolute atomic E-state index is 0.243. The Hall–Kier alpha value is -3.35. The molecule has 0 radical (unpaired) electrons. The molecule has 1 fully saturated rings. The van der Waals surface area contributed by atoms with Crippen LogP contribution in [0.25, 0.3) is 0 Å². The van der Waals surface area contributed by atoms with Gasteiger partial charge in [-0.05, 0) is 37.0 Å². The highest BCUT2D eigenvalue weighted by atomic mass is 16.6. The van der Waals surface area contributed by atoms with E-state index in [-0.39, 0.29) is 17.9 Å². The molecule has 1 aliphatic heterocycles. The maximum atomic E-state index is 12.4. The zero-order valence-electron chi connectivity index (χ0n) is 15.6. The first-order valence-corrected chi connectivity index (χ1v) is 9.27. The van der Waals surface area contributed by atoms with E-state index in [0.717, 1.165) is 19.1 Å². The van der Waals surface area contributed by atoms with Crippen molar-refractivity contribution >= 4 is 23.9 Å². The second-order valence-corrected chi connectivity index (χ2v) is 6.77. The number of likely N-dealkylation sites (tertiary alicyclic amines) is 1. The number of rotatable bonds is 5. The van der Waals surface area contributed by atoms with Gasteiger partial charge in [-0.2, -0.15) is 0 Å². The lowest BCUT2D eigenvalue weighted by Gasteiger charge is -2.31. The number of anilines is 1. The summed E-state index contributed by atoms with van der Waals surface area (Å²) in [4.78, 5) is 26.3. The molecule has 0 unspecified atom stereocenters. The van der Waals surface area contributed by atoms with Crippen LogP contribution in [0, 0.1) is 11.3 Å². The fraction of sp³-hybridized carbons (Fsp3) is 0.286. The Labute approximate surface area is 164 Å². The number of nitrogens with zero attached hydrogens (tertiary/aromatic N) is 1. The van der Waals surface area contributed by atoms with Crippen molar-refractivity contribution in [1.82, 2.24) is 10.2 Å². The lowest BCUT2D eigenvalue weighted by Crippen LogP contribution is -2.42. The van der Waals surface area contributed by atoms with Crippen molar-refractivity contribution in [2.45, 2.75) is 12.8 Å². The summed E-state index contributed by atoms with van der Waals surface area (Å²) < 4.78 is 5.37. The number of hydrogen-bond donors (Lipinski definition) is 3. The Bertz CT molecular complexity index is 846. The van der Waals surface area contributed by atoms with E-state index < -0.39 is 0 Å². The molecule has 0 aromatic heterocycles. The number of nitrogens with one attached hydrogen (secondary N) is 2. The summed E-state index contributed by atoms with van der Waals surface area (Å²) in [6.07, 6.45) is 2.38. The largest absolute Gasteiger partial charge is 0.415 e. The van der Waals surface area contributed by atoms with E-state index in [1.165, 1.54) is 0 Å². The normalized spacial score (nSPS) is 14.4. The van der Waals surface area contributed by atoms with Crippen LogP contribution in [0.1, 0.15) is 28.8 Å². The van der Waals surface area contributed by atoms with Crippen molar-refractivity contribution in [3.8, 4) is 5.75 Å². The van der Waals surface area contributed by atoms with Crippen LogP contribution >= 0.6 is 0 Å². The van der Waals surface area contributed by atoms with Gasteiger partial charge >= 0.3 is 6.09 Å². The highest BCUT2D eigenvalue weighted by Gasteiger charge is 2.24. The van der Waals surface area contributed by atoms with Gasteiger partial charge in [0.25, 0.3) is 5.91 Å². The summed E-state index contributed by atoms with van der Waals surface area (Å²) in [6, 6.07) is 14.1. The fourth-order valence-corrected chi connectivity index (χ4v) is 3.21. The standard InChI is InChI=1S/C21H24N4O3/c22-13-16-5-4-8-18(19(16)23)20(26)24-14-15-9-11-25(12-10-15)21(27)28-17-6-2-1-3-7-17/h1-8,13,15,22H,9-12,14,23H2,(H,24,26). The van der Waals surface area contributed by atoms with Gasteiger partial charge in [0.1, 0.15) is 5.75 Å². The molecule has 4 N–H and O–H groups in total. The number of nitrogens with two attached hydrogens (primary N) is 1. The molecule has 0 aliphatic carbocycles. The van der Waals surface area contributed by atoms with Crippen molar-refractivity contribution < 1.29 is 14.3 Å². The lowest BCUT2D eigenvalue weighted by atomic mass is 9.97. The molecule has 7 nitrogen and oxygen atoms in total. The van der Waals surface area contributed by atoms with Gasteiger partial charge in [0, 0.05) is 31.4 Å². The molecule has 146 valence electrons. The summed E-state index contributed by atoms with van der Waals surface area (Å²) in [5.41, 5.74) is 7.17. The van der Waals surface area contributed by atoms with Crippen molar-refractivity contribution in [1.29, 1.82) is 5.41 Å². The molecule has 7 heteroatoms. The highest BCUT2D eigenvalue weighted by molar-refractivity contribution is 6.03. The van der Waals surface area contributed by atoms with Crippen LogP contribution in [0.4, 0.5) is 10.5 Å². The zero-order chi connectivity index (χ0) is 19.9. The topological polar surface area (TPSA) is 109 Å². The summed E-state index contributed by atoms with van der Waals surface area (Å²) in [7, 11) is 0. The fourth-order valence-electron chi connectivity index (χ4n) is 3.21. The van der Waals surface area contributed by atoms with Gasteiger partial charge in [0.05, 0.1) is 11.3 Å². The predicted molar refractivity (Wildman–Crippen MR) is 108 cm³/mol. The zero-order valence-corrected chi connectivity index (χ0v) is 15.6. The van der Waals surface area contributed by atoms with Crippen molar-refractivity contribution in [2.24, 2.45) is 5.92 Å². The Morgan fingerprint density at radius 2 is 1.86 bits per heavy atom. The molecule has 2 amide bonds. The summed E-state index contributed by atoms with van der Waals surface area (Å²) >= 11 is 0. The highest BCUT2D eigenvalue weighted by Crippen LogP contribution is 2.20. The molecule has 3 rings (SSSR count). The van der Waals surface area contributed by atoms with Gasteiger partial charge in [-0.25, -0.2) is 4.79 Å². The Balaban J connectivity index is 1.46. The van der Waals surface area contributed by atoms with E-state index in [1.54, 1.807) is 35.2 Å². The second kappa shape index (κ2) is 9.03. The Kier molecular flexibility index (Phi) is 6.26. The molecular weight excluding hydrogens is 356 g/mol. The van der Waals surface area contributed by atoms with E-state index in [1.807, 2.05) is 18.2 Å². The molecule has 2 aromatic rings. The molecule has 0 spiro atoms. The molecule has 2 aromatic carbocycles. The van der Waals surface area contributed by atoms with Crippen molar-refractivity contribution in [3.05, 3.63) is 59.7 Å². The Morgan fingerprint density at radius 3 is 2.54 bits per heavy atom. The minimum Gasteiger partial charge on any atom is -0.410 e. The number of benzene rings is 2. The summed E-state index contributed by atoms with van der Waals surface area (Å²) in [6.45, 7) is 1.71. The number of amides is 2. The van der Waals surface area contributed by atoms with E-state index in [2.05, 4.69) is 5.32 Å². The molecule has 1 heterocycles. The number of carbonyl (C=O) groups excluding carboxylic acids is 2. The van der Waals surface area contributed by atoms with Crippen LogP contribution in [0.2, 0.25) is 0 Å². The molecule has 1 aliphatic rings. The maximum Gasteiger partial charge on any atom is 0.415 e. The van der Waals surface area contributed by atoms with Crippen LogP contribution in [0.5, 0.6) is 5.75 Å². The third-order valence-corrected chi connectivity index (χ3v) is 4.91. The van der Waals surface area contributed by atoms with Gasteiger partial charge in [-0.15, -0.1) is 0 Å². The van der Waals surface area contributed by atoms with Crippen LogP contribution in [0.15, 0.2) is 48.5 Å². The molecule has 0 bridgehead atoms. The van der Waals surface area contributed by atoms with Crippen LogP contribution < -0.4 is 15.8 Å². The van der Waals surface area contributed by atoms with Crippen LogP contribution in [-0.4, -0.2) is 42.7 Å². The summed E-state index contributed by atoms with van der Waals surface area (Å²) in [5, 5.41) is 10.2. The van der Waals surface area contributed by atoms with Crippen molar-refractivity contribution in [3.63, 3.8) is 0 Å². The van der Waals surface area contributed by atoms with Gasteiger partial charge in [0.2, 0.25) is 0 Å². The van der Waals surface area contributed by atoms with E-state index in [0.29, 0.717) is 42.2 Å². The monoisotopic (exact) mass is 380 g/mol. The first-order chi connectivity index (χ1) is 13.6. The van der Waals surface area contributed by atoms with E-state index in [9.17, 15) is 9.59 Å². The van der Waals surface area contributed by atoms with Crippen molar-refractivity contribution in [2.75, 3.05) is 25.4 Å². The first kappa shape index (κ1) is 19.4. The quantitative estimate of drug-likeness (QED) is 0.547. The van der Waals surface area contributed by atoms with Crippen LogP contribution in [0.3, 0.4) is 0 Å². The summed E-state index contributed by atoms with van der Waals surface area (Å²) in [5.74, 6) is 0.579. The molecule has 28 heavy (non-hydrogen) atoms. The maximum absolute atomic E-state index is 12.4. The molecule has 0 saturated carbocycles. The SMILES string of the molecule is N=Cc1cccc(C(=O)NCC2CCN(C(=O)Oc3ccccc3)CC2)c1N. The van der Waals surface area contributed by atoms with E-state index >= 15 is 0 Å². The number of nitrogen functional groups attached to an aromatic ring is 1. The number of ether oxygens (including phenoxy) is 1. The molecule has 1 saturated heterocycles. The predicted octanol–water partition coefficient (Wildman–Crippen LogP) is 2.91. The lowest BCUT2D eigenvalue weighted by molar-refractivity contribution is 0.0932.